The first-order valence-electron chi connectivity index (χ1n) is 12.6. The highest BCUT2D eigenvalue weighted by molar-refractivity contribution is 5.94. The zero-order chi connectivity index (χ0) is 25.9. The Hall–Kier alpha value is -3.75. The van der Waals surface area contributed by atoms with Gasteiger partial charge in [-0.15, -0.1) is 0 Å². The fourth-order valence-electron chi connectivity index (χ4n) is 4.30. The molecule has 1 amide bonds. The maximum atomic E-state index is 12.7. The highest BCUT2D eigenvalue weighted by Crippen LogP contribution is 2.25. The standard InChI is InChI=1S/C29H33N3O5/c33-28(34)8-4-12-31-29(35)24-9-10-27-25(19-24)18-22-5-3-6-23(17-22)20-32(13-14-36-15-16-37-27)21-26-7-1-2-11-30-26/h1-3,5-7,9-11,17,19H,4,8,12-16,18,20-21H2,(H,31,35)(H,33,34). The van der Waals surface area contributed by atoms with E-state index in [0.717, 1.165) is 42.2 Å². The van der Waals surface area contributed by atoms with Crippen LogP contribution in [0.1, 0.15) is 45.6 Å². The van der Waals surface area contributed by atoms with E-state index in [4.69, 9.17) is 14.6 Å². The van der Waals surface area contributed by atoms with Gasteiger partial charge < -0.3 is 19.9 Å². The van der Waals surface area contributed by atoms with Gasteiger partial charge in [-0.3, -0.25) is 19.5 Å². The van der Waals surface area contributed by atoms with Gasteiger partial charge in [0.2, 0.25) is 0 Å². The van der Waals surface area contributed by atoms with Gasteiger partial charge in [0.1, 0.15) is 12.4 Å². The summed E-state index contributed by atoms with van der Waals surface area (Å²) in [6, 6.07) is 19.8. The second-order valence-corrected chi connectivity index (χ2v) is 9.06. The number of nitrogens with one attached hydrogen (secondary N) is 1. The molecule has 1 aromatic heterocycles. The molecule has 1 aliphatic rings. The monoisotopic (exact) mass is 503 g/mol. The molecule has 1 aliphatic heterocycles. The zero-order valence-electron chi connectivity index (χ0n) is 20.9. The van der Waals surface area contributed by atoms with Crippen molar-refractivity contribution >= 4 is 11.9 Å². The number of rotatable bonds is 7. The molecule has 3 aromatic rings. The Labute approximate surface area is 217 Å². The lowest BCUT2D eigenvalue weighted by Crippen LogP contribution is -2.28. The minimum atomic E-state index is -0.872. The average Bonchev–Trinajstić information content (AvgIpc) is 2.89. The number of aliphatic carboxylic acids is 1. The number of aromatic nitrogens is 1. The van der Waals surface area contributed by atoms with Crippen molar-refractivity contribution in [3.05, 3.63) is 94.8 Å². The number of fused-ring (bicyclic) bond motifs is 3. The van der Waals surface area contributed by atoms with Crippen LogP contribution in [0.5, 0.6) is 5.75 Å². The molecule has 2 bridgehead atoms. The lowest BCUT2D eigenvalue weighted by Gasteiger charge is -2.23. The molecule has 194 valence electrons. The van der Waals surface area contributed by atoms with Crippen LogP contribution in [0.25, 0.3) is 0 Å². The summed E-state index contributed by atoms with van der Waals surface area (Å²) in [7, 11) is 0. The number of hydrogen-bond acceptors (Lipinski definition) is 6. The average molecular weight is 504 g/mol. The maximum Gasteiger partial charge on any atom is 0.303 e. The first-order chi connectivity index (χ1) is 18.1. The molecule has 2 N–H and O–H groups in total. The summed E-state index contributed by atoms with van der Waals surface area (Å²) in [4.78, 5) is 30.2. The van der Waals surface area contributed by atoms with Crippen LogP contribution >= 0.6 is 0 Å². The molecule has 8 heteroatoms. The summed E-state index contributed by atoms with van der Waals surface area (Å²) in [5, 5.41) is 11.6. The van der Waals surface area contributed by atoms with Crippen LogP contribution < -0.4 is 10.1 Å². The van der Waals surface area contributed by atoms with E-state index in [-0.39, 0.29) is 12.3 Å². The molecule has 0 unspecified atom stereocenters. The molecular weight excluding hydrogens is 470 g/mol. The SMILES string of the molecule is O=C(O)CCCNC(=O)c1ccc2c(c1)Cc1cccc(c1)CN(Cc1ccccn1)CCOCCO2. The van der Waals surface area contributed by atoms with Crippen molar-refractivity contribution in [3.8, 4) is 5.75 Å². The van der Waals surface area contributed by atoms with E-state index < -0.39 is 5.97 Å². The molecule has 8 nitrogen and oxygen atoms in total. The number of ether oxygens (including phenoxy) is 2. The van der Waals surface area contributed by atoms with E-state index in [1.54, 1.807) is 6.07 Å². The van der Waals surface area contributed by atoms with Crippen molar-refractivity contribution in [2.45, 2.75) is 32.4 Å². The molecule has 0 radical (unpaired) electrons. The highest BCUT2D eigenvalue weighted by atomic mass is 16.5. The minimum Gasteiger partial charge on any atom is -0.491 e. The number of nitrogens with zero attached hydrogens (tertiary/aromatic N) is 2. The van der Waals surface area contributed by atoms with Gasteiger partial charge >= 0.3 is 5.97 Å². The summed E-state index contributed by atoms with van der Waals surface area (Å²) in [6.07, 6.45) is 2.84. The van der Waals surface area contributed by atoms with Crippen molar-refractivity contribution in [2.75, 3.05) is 32.9 Å². The normalized spacial score (nSPS) is 14.6. The van der Waals surface area contributed by atoms with Crippen molar-refractivity contribution in [2.24, 2.45) is 0 Å². The molecule has 0 aliphatic carbocycles. The van der Waals surface area contributed by atoms with Gasteiger partial charge in [-0.2, -0.15) is 0 Å². The van der Waals surface area contributed by atoms with E-state index in [9.17, 15) is 9.59 Å². The summed E-state index contributed by atoms with van der Waals surface area (Å²) < 4.78 is 11.9. The van der Waals surface area contributed by atoms with E-state index in [0.29, 0.717) is 44.8 Å². The van der Waals surface area contributed by atoms with E-state index in [1.807, 2.05) is 36.5 Å². The number of hydrogen-bond donors (Lipinski definition) is 2. The fraction of sp³-hybridized carbons (Fsp3) is 0.345. The van der Waals surface area contributed by atoms with Gasteiger partial charge in [0.05, 0.1) is 18.9 Å². The van der Waals surface area contributed by atoms with Crippen LogP contribution in [-0.4, -0.2) is 59.8 Å². The molecule has 0 fully saturated rings. The Kier molecular flexibility index (Phi) is 9.62. The van der Waals surface area contributed by atoms with Crippen molar-refractivity contribution in [1.29, 1.82) is 0 Å². The lowest BCUT2D eigenvalue weighted by molar-refractivity contribution is -0.137. The molecule has 0 saturated carbocycles. The highest BCUT2D eigenvalue weighted by Gasteiger charge is 2.14. The minimum absolute atomic E-state index is 0.0238. The number of benzene rings is 2. The van der Waals surface area contributed by atoms with Gasteiger partial charge in [-0.1, -0.05) is 30.3 Å². The number of carboxylic acids is 1. The number of carbonyl (C=O) groups excluding carboxylic acids is 1. The van der Waals surface area contributed by atoms with E-state index >= 15 is 0 Å². The van der Waals surface area contributed by atoms with Crippen molar-refractivity contribution in [3.63, 3.8) is 0 Å². The van der Waals surface area contributed by atoms with Gasteiger partial charge in [-0.05, 0) is 53.4 Å². The molecule has 0 atom stereocenters. The lowest BCUT2D eigenvalue weighted by atomic mass is 9.99. The van der Waals surface area contributed by atoms with Crippen LogP contribution in [0.15, 0.2) is 66.9 Å². The third-order valence-electron chi connectivity index (χ3n) is 6.12. The molecule has 2 aromatic carbocycles. The quantitative estimate of drug-likeness (QED) is 0.475. The van der Waals surface area contributed by atoms with Crippen LogP contribution in [0.2, 0.25) is 0 Å². The second kappa shape index (κ2) is 13.5. The van der Waals surface area contributed by atoms with Crippen LogP contribution in [0.3, 0.4) is 0 Å². The Bertz CT molecular complexity index is 1190. The van der Waals surface area contributed by atoms with Gasteiger partial charge in [0.15, 0.2) is 0 Å². The number of carboxylic acid groups (broad SMARTS) is 1. The van der Waals surface area contributed by atoms with Gasteiger partial charge in [-0.25, -0.2) is 0 Å². The molecule has 4 rings (SSSR count). The summed E-state index contributed by atoms with van der Waals surface area (Å²) in [6.45, 7) is 4.07. The van der Waals surface area contributed by atoms with Crippen molar-refractivity contribution < 1.29 is 24.2 Å². The number of carbonyl (C=O) groups is 2. The Morgan fingerprint density at radius 2 is 1.89 bits per heavy atom. The van der Waals surface area contributed by atoms with Gasteiger partial charge in [0.25, 0.3) is 5.91 Å². The summed E-state index contributed by atoms with van der Waals surface area (Å²) in [5.41, 5.74) is 4.78. The Morgan fingerprint density at radius 1 is 1.00 bits per heavy atom. The van der Waals surface area contributed by atoms with Crippen molar-refractivity contribution in [1.82, 2.24) is 15.2 Å². The largest absolute Gasteiger partial charge is 0.491 e. The Morgan fingerprint density at radius 3 is 2.73 bits per heavy atom. The molecule has 0 saturated heterocycles. The van der Waals surface area contributed by atoms with Crippen LogP contribution in [0, 0.1) is 0 Å². The summed E-state index contributed by atoms with van der Waals surface area (Å²) >= 11 is 0. The fourth-order valence-corrected chi connectivity index (χ4v) is 4.30. The molecular formula is C29H33N3O5. The first kappa shape index (κ1) is 26.3. The molecule has 2 heterocycles. The third-order valence-corrected chi connectivity index (χ3v) is 6.12. The first-order valence-corrected chi connectivity index (χ1v) is 12.6. The smallest absolute Gasteiger partial charge is 0.303 e. The van der Waals surface area contributed by atoms with Crippen LogP contribution in [-0.2, 0) is 29.0 Å². The zero-order valence-corrected chi connectivity index (χ0v) is 20.9. The second-order valence-electron chi connectivity index (χ2n) is 9.06. The topological polar surface area (TPSA) is 101 Å². The summed E-state index contributed by atoms with van der Waals surface area (Å²) in [5.74, 6) is -0.371. The number of amides is 1. The Balaban J connectivity index is 1.51. The molecule has 37 heavy (non-hydrogen) atoms. The van der Waals surface area contributed by atoms with Crippen LogP contribution in [0.4, 0.5) is 0 Å². The molecule has 0 spiro atoms. The van der Waals surface area contributed by atoms with E-state index in [1.165, 1.54) is 5.56 Å². The predicted octanol–water partition coefficient (Wildman–Crippen LogP) is 3.68. The third kappa shape index (κ3) is 8.41. The number of pyridine rings is 1. The van der Waals surface area contributed by atoms with Gasteiger partial charge in [0, 0.05) is 50.8 Å². The van der Waals surface area contributed by atoms with E-state index in [2.05, 4.69) is 39.5 Å². The maximum absolute atomic E-state index is 12.7. The predicted molar refractivity (Wildman–Crippen MR) is 140 cm³/mol.